The average molecular weight is 402 g/mol. The number of likely N-dealkylation sites (tertiary alicyclic amines) is 1. The topological polar surface area (TPSA) is 45.6 Å². The van der Waals surface area contributed by atoms with Crippen LogP contribution in [-0.2, 0) is 6.54 Å². The van der Waals surface area contributed by atoms with Crippen LogP contribution in [0.15, 0.2) is 73.1 Å². The first kappa shape index (κ1) is 20.0. The van der Waals surface area contributed by atoms with Crippen molar-refractivity contribution in [3.05, 3.63) is 84.2 Å². The first-order valence-corrected chi connectivity index (χ1v) is 10.5. The van der Waals surface area contributed by atoms with Crippen LogP contribution in [0.1, 0.15) is 42.1 Å². The summed E-state index contributed by atoms with van der Waals surface area (Å²) in [4.78, 5) is 29.0. The molecule has 4 rings (SSSR count). The monoisotopic (exact) mass is 401 g/mol. The molecule has 0 N–H and O–H groups in total. The Bertz CT molecular complexity index is 1000. The highest BCUT2D eigenvalue weighted by Crippen LogP contribution is 2.23. The molecule has 1 saturated heterocycles. The molecule has 1 aliphatic heterocycles. The number of anilines is 1. The molecule has 5 heteroatoms. The maximum absolute atomic E-state index is 13.4. The van der Waals surface area contributed by atoms with Gasteiger partial charge in [0.1, 0.15) is 0 Å². The van der Waals surface area contributed by atoms with Crippen LogP contribution in [-0.4, -0.2) is 34.4 Å². The van der Waals surface area contributed by atoms with Crippen molar-refractivity contribution in [3.8, 4) is 5.69 Å². The molecule has 0 bridgehead atoms. The summed E-state index contributed by atoms with van der Waals surface area (Å²) in [5.74, 6) is -0.00158. The van der Waals surface area contributed by atoms with Crippen LogP contribution in [0.25, 0.3) is 5.69 Å². The Hall–Kier alpha value is -3.34. The minimum atomic E-state index is -0.00158. The van der Waals surface area contributed by atoms with Crippen LogP contribution in [0.2, 0.25) is 0 Å². The Kier molecular flexibility index (Phi) is 5.98. The number of hydrogen-bond donors (Lipinski definition) is 0. The van der Waals surface area contributed by atoms with E-state index >= 15 is 0 Å². The van der Waals surface area contributed by atoms with E-state index in [4.69, 9.17) is 0 Å². The number of carbonyl (C=O) groups excluding carboxylic acids is 2. The molecule has 2 amide bonds. The summed E-state index contributed by atoms with van der Waals surface area (Å²) in [7, 11) is 0. The average Bonchev–Trinajstić information content (AvgIpc) is 3.33. The van der Waals surface area contributed by atoms with Crippen molar-refractivity contribution in [2.75, 3.05) is 18.0 Å². The number of ketones is 1. The van der Waals surface area contributed by atoms with Gasteiger partial charge in [-0.2, -0.15) is 0 Å². The van der Waals surface area contributed by atoms with Crippen LogP contribution in [0.4, 0.5) is 10.5 Å². The van der Waals surface area contributed by atoms with Gasteiger partial charge < -0.3 is 9.47 Å². The van der Waals surface area contributed by atoms with Gasteiger partial charge in [0.15, 0.2) is 5.78 Å². The maximum atomic E-state index is 13.4. The second-order valence-corrected chi connectivity index (χ2v) is 7.78. The van der Waals surface area contributed by atoms with E-state index in [9.17, 15) is 9.59 Å². The molecule has 154 valence electrons. The summed E-state index contributed by atoms with van der Waals surface area (Å²) in [6, 6.07) is 19.6. The largest absolute Gasteiger partial charge is 0.324 e. The number of Topliss-reactive ketones (excluding diaryl/α,β-unsaturated/α-hetero) is 1. The van der Waals surface area contributed by atoms with E-state index in [1.807, 2.05) is 47.6 Å². The van der Waals surface area contributed by atoms with Gasteiger partial charge >= 0.3 is 6.03 Å². The standard InChI is InChI=1S/C25H27N3O2/c1-20(29)22-8-7-9-24(18-22)28(25(30)27-16-3-2-4-17-27)19-21-10-12-23(13-11-21)26-14-5-6-15-26/h5-15,18H,2-4,16-17,19H2,1H3. The van der Waals surface area contributed by atoms with Crippen molar-refractivity contribution in [1.82, 2.24) is 9.47 Å². The molecular weight excluding hydrogens is 374 g/mol. The number of urea groups is 1. The second kappa shape index (κ2) is 8.99. The predicted octanol–water partition coefficient (Wildman–Crippen LogP) is 5.29. The molecular formula is C25H27N3O2. The second-order valence-electron chi connectivity index (χ2n) is 7.78. The summed E-state index contributed by atoms with van der Waals surface area (Å²) in [5.41, 5.74) is 3.50. The van der Waals surface area contributed by atoms with E-state index < -0.39 is 0 Å². The first-order chi connectivity index (χ1) is 14.6. The lowest BCUT2D eigenvalue weighted by Gasteiger charge is -2.33. The molecule has 0 radical (unpaired) electrons. The number of nitrogens with zero attached hydrogens (tertiary/aromatic N) is 3. The zero-order chi connectivity index (χ0) is 20.9. The van der Waals surface area contributed by atoms with Gasteiger partial charge in [0.25, 0.3) is 0 Å². The third kappa shape index (κ3) is 4.46. The molecule has 2 heterocycles. The Labute approximate surface area is 177 Å². The summed E-state index contributed by atoms with van der Waals surface area (Å²) in [5, 5.41) is 0. The zero-order valence-corrected chi connectivity index (χ0v) is 17.3. The minimum Gasteiger partial charge on any atom is -0.324 e. The van der Waals surface area contributed by atoms with Crippen molar-refractivity contribution in [2.45, 2.75) is 32.7 Å². The molecule has 1 aliphatic rings. The fraction of sp³-hybridized carbons (Fsp3) is 0.280. The van der Waals surface area contributed by atoms with Crippen molar-refractivity contribution in [2.24, 2.45) is 0 Å². The lowest BCUT2D eigenvalue weighted by atomic mass is 10.1. The van der Waals surface area contributed by atoms with Crippen molar-refractivity contribution < 1.29 is 9.59 Å². The highest BCUT2D eigenvalue weighted by molar-refractivity contribution is 5.97. The number of carbonyl (C=O) groups is 2. The fourth-order valence-electron chi connectivity index (χ4n) is 3.88. The number of benzene rings is 2. The molecule has 1 fully saturated rings. The quantitative estimate of drug-likeness (QED) is 0.545. The van der Waals surface area contributed by atoms with E-state index in [0.29, 0.717) is 12.1 Å². The lowest BCUT2D eigenvalue weighted by molar-refractivity contribution is 0.101. The van der Waals surface area contributed by atoms with Crippen LogP contribution in [0, 0.1) is 0 Å². The fourth-order valence-corrected chi connectivity index (χ4v) is 3.88. The van der Waals surface area contributed by atoms with Gasteiger partial charge in [-0.3, -0.25) is 9.69 Å². The molecule has 0 aliphatic carbocycles. The Morgan fingerprint density at radius 2 is 1.60 bits per heavy atom. The zero-order valence-electron chi connectivity index (χ0n) is 17.3. The smallest absolute Gasteiger partial charge is 0.324 e. The van der Waals surface area contributed by atoms with Crippen LogP contribution < -0.4 is 4.90 Å². The molecule has 1 aromatic heterocycles. The van der Waals surface area contributed by atoms with Crippen LogP contribution in [0.5, 0.6) is 0 Å². The summed E-state index contributed by atoms with van der Waals surface area (Å²) >= 11 is 0. The van der Waals surface area contributed by atoms with Gasteiger partial charge in [0.2, 0.25) is 0 Å². The van der Waals surface area contributed by atoms with Gasteiger partial charge in [-0.05, 0) is 68.1 Å². The summed E-state index contributed by atoms with van der Waals surface area (Å²) in [6.45, 7) is 3.58. The maximum Gasteiger partial charge on any atom is 0.324 e. The van der Waals surface area contributed by atoms with Crippen LogP contribution in [0.3, 0.4) is 0 Å². The van der Waals surface area contributed by atoms with Gasteiger partial charge in [-0.1, -0.05) is 24.3 Å². The van der Waals surface area contributed by atoms with E-state index in [-0.39, 0.29) is 11.8 Å². The highest BCUT2D eigenvalue weighted by Gasteiger charge is 2.24. The predicted molar refractivity (Wildman–Crippen MR) is 119 cm³/mol. The van der Waals surface area contributed by atoms with E-state index in [0.717, 1.165) is 42.9 Å². The number of rotatable bonds is 5. The molecule has 2 aromatic carbocycles. The van der Waals surface area contributed by atoms with Crippen molar-refractivity contribution >= 4 is 17.5 Å². The molecule has 5 nitrogen and oxygen atoms in total. The SMILES string of the molecule is CC(=O)c1cccc(N(Cc2ccc(-n3cccc3)cc2)C(=O)N2CCCCC2)c1. The normalized spacial score (nSPS) is 13.8. The van der Waals surface area contributed by atoms with Gasteiger partial charge in [0.05, 0.1) is 6.54 Å². The molecule has 3 aromatic rings. The van der Waals surface area contributed by atoms with Gasteiger partial charge in [-0.25, -0.2) is 4.79 Å². The number of aromatic nitrogens is 1. The summed E-state index contributed by atoms with van der Waals surface area (Å²) in [6.07, 6.45) is 7.27. The third-order valence-electron chi connectivity index (χ3n) is 5.60. The molecule has 0 saturated carbocycles. The van der Waals surface area contributed by atoms with E-state index in [1.165, 1.54) is 6.42 Å². The third-order valence-corrected chi connectivity index (χ3v) is 5.60. The summed E-state index contributed by atoms with van der Waals surface area (Å²) < 4.78 is 2.05. The lowest BCUT2D eigenvalue weighted by Crippen LogP contribution is -2.45. The molecule has 0 atom stereocenters. The highest BCUT2D eigenvalue weighted by atomic mass is 16.2. The van der Waals surface area contributed by atoms with Gasteiger partial charge in [0, 0.05) is 42.4 Å². The first-order valence-electron chi connectivity index (χ1n) is 10.5. The van der Waals surface area contributed by atoms with Crippen molar-refractivity contribution in [3.63, 3.8) is 0 Å². The molecule has 0 spiro atoms. The number of amides is 2. The van der Waals surface area contributed by atoms with E-state index in [2.05, 4.69) is 28.8 Å². The number of piperidine rings is 1. The van der Waals surface area contributed by atoms with Crippen LogP contribution >= 0.6 is 0 Å². The number of hydrogen-bond acceptors (Lipinski definition) is 2. The van der Waals surface area contributed by atoms with E-state index in [1.54, 1.807) is 17.9 Å². The Balaban J connectivity index is 1.62. The Morgan fingerprint density at radius 3 is 2.27 bits per heavy atom. The van der Waals surface area contributed by atoms with Crippen molar-refractivity contribution in [1.29, 1.82) is 0 Å². The van der Waals surface area contributed by atoms with Gasteiger partial charge in [-0.15, -0.1) is 0 Å². The molecule has 30 heavy (non-hydrogen) atoms. The minimum absolute atomic E-state index is 0.00158. The molecule has 0 unspecified atom stereocenters. The Morgan fingerprint density at radius 1 is 0.900 bits per heavy atom.